The number of rotatable bonds is 7. The number of carbonyl (C=O) groups is 1. The van der Waals surface area contributed by atoms with Crippen molar-refractivity contribution in [2.45, 2.75) is 33.8 Å². The molecule has 0 fully saturated rings. The molecule has 9 heteroatoms. The number of thioether (sulfide) groups is 1. The van der Waals surface area contributed by atoms with Crippen molar-refractivity contribution in [1.29, 1.82) is 0 Å². The van der Waals surface area contributed by atoms with Gasteiger partial charge < -0.3 is 10.5 Å². The molecule has 0 aliphatic heterocycles. The van der Waals surface area contributed by atoms with Crippen LogP contribution in [-0.2, 0) is 13.0 Å². The van der Waals surface area contributed by atoms with E-state index in [-0.39, 0.29) is 6.61 Å². The summed E-state index contributed by atoms with van der Waals surface area (Å²) in [6.07, 6.45) is 2.74. The molecule has 8 nitrogen and oxygen atoms in total. The largest absolute Gasteiger partial charge is 0.489 e. The predicted octanol–water partition coefficient (Wildman–Crippen LogP) is 3.82. The van der Waals surface area contributed by atoms with Crippen LogP contribution >= 0.6 is 11.8 Å². The van der Waals surface area contributed by atoms with E-state index in [9.17, 15) is 4.79 Å². The zero-order valence-electron chi connectivity index (χ0n) is 20.2. The molecular weight excluding hydrogens is 436 g/mol. The molecule has 0 radical (unpaired) electrons. The quantitative estimate of drug-likeness (QED) is 0.186. The van der Waals surface area contributed by atoms with E-state index in [2.05, 4.69) is 4.99 Å². The molecule has 0 aromatic heterocycles. The Morgan fingerprint density at radius 2 is 1.91 bits per heavy atom. The van der Waals surface area contributed by atoms with Gasteiger partial charge in [-0.05, 0) is 67.5 Å². The lowest BCUT2D eigenvalue weighted by atomic mass is 10.0. The summed E-state index contributed by atoms with van der Waals surface area (Å²) < 4.78 is 6.16. The molecule has 0 saturated heterocycles. The summed E-state index contributed by atoms with van der Waals surface area (Å²) in [5.74, 6) is 12.4. The molecule has 0 saturated carbocycles. The second-order valence-electron chi connectivity index (χ2n) is 7.57. The molecule has 178 valence electrons. The standard InChI is InChI=1S/C24H34N6O2S/c1-7-17-9-8-10-20(30(27)24(31)29(5)26)19(17)14-32-21-12-11-18(13-15(21)2)22(25)16(3)23(28-4)33-6/h8-13H,7,14,25-27H2,1-6H3. The Kier molecular flexibility index (Phi) is 9.33. The van der Waals surface area contributed by atoms with Gasteiger partial charge in [-0.25, -0.2) is 21.5 Å². The average molecular weight is 471 g/mol. The zero-order chi connectivity index (χ0) is 24.7. The molecule has 6 N–H and O–H groups in total. The van der Waals surface area contributed by atoms with Crippen molar-refractivity contribution in [1.82, 2.24) is 5.01 Å². The molecule has 0 spiro atoms. The van der Waals surface area contributed by atoms with Crippen LogP contribution in [0.3, 0.4) is 0 Å². The van der Waals surface area contributed by atoms with E-state index in [1.54, 1.807) is 24.9 Å². The third-order valence-electron chi connectivity index (χ3n) is 5.38. The van der Waals surface area contributed by atoms with Gasteiger partial charge in [-0.1, -0.05) is 19.1 Å². The van der Waals surface area contributed by atoms with Crippen LogP contribution in [0.4, 0.5) is 10.5 Å². The van der Waals surface area contributed by atoms with Crippen LogP contribution in [-0.4, -0.2) is 36.4 Å². The smallest absolute Gasteiger partial charge is 0.352 e. The first-order valence-corrected chi connectivity index (χ1v) is 11.8. The molecule has 2 aromatic carbocycles. The van der Waals surface area contributed by atoms with E-state index in [4.69, 9.17) is 22.2 Å². The van der Waals surface area contributed by atoms with Gasteiger partial charge in [0.25, 0.3) is 0 Å². The van der Waals surface area contributed by atoms with Crippen molar-refractivity contribution in [2.24, 2.45) is 22.4 Å². The number of hydrazine groups is 2. The fraction of sp³-hybridized carbons (Fsp3) is 0.333. The zero-order valence-corrected chi connectivity index (χ0v) is 21.0. The first kappa shape index (κ1) is 26.2. The summed E-state index contributed by atoms with van der Waals surface area (Å²) in [5, 5.41) is 2.89. The van der Waals surface area contributed by atoms with E-state index in [1.807, 2.05) is 57.4 Å². The van der Waals surface area contributed by atoms with Crippen molar-refractivity contribution in [2.75, 3.05) is 25.4 Å². The van der Waals surface area contributed by atoms with Gasteiger partial charge in [0, 0.05) is 30.9 Å². The molecule has 0 aliphatic carbocycles. The SMILES string of the molecule is CCc1cccc(N(N)C(=O)N(C)N)c1COc1ccc(C(N)=C(C)C(=NC)SC)cc1C. The fourth-order valence-electron chi connectivity index (χ4n) is 3.49. The Balaban J connectivity index is 2.34. The number of benzene rings is 2. The monoisotopic (exact) mass is 470 g/mol. The van der Waals surface area contributed by atoms with E-state index >= 15 is 0 Å². The minimum atomic E-state index is -0.525. The van der Waals surface area contributed by atoms with Crippen LogP contribution in [0.25, 0.3) is 5.70 Å². The summed E-state index contributed by atoms with van der Waals surface area (Å²) >= 11 is 1.56. The van der Waals surface area contributed by atoms with E-state index < -0.39 is 6.03 Å². The molecule has 0 atom stereocenters. The molecular formula is C24H34N6O2S. The highest BCUT2D eigenvalue weighted by Gasteiger charge is 2.20. The minimum absolute atomic E-state index is 0.248. The highest BCUT2D eigenvalue weighted by molar-refractivity contribution is 8.13. The predicted molar refractivity (Wildman–Crippen MR) is 139 cm³/mol. The summed E-state index contributed by atoms with van der Waals surface area (Å²) in [4.78, 5) is 16.6. The van der Waals surface area contributed by atoms with Crippen LogP contribution < -0.4 is 27.2 Å². The lowest BCUT2D eigenvalue weighted by Gasteiger charge is -2.24. The highest BCUT2D eigenvalue weighted by atomic mass is 32.2. The van der Waals surface area contributed by atoms with Gasteiger partial charge in [-0.2, -0.15) is 0 Å². The normalized spacial score (nSPS) is 12.3. The van der Waals surface area contributed by atoms with Crippen molar-refractivity contribution < 1.29 is 9.53 Å². The number of aliphatic imine (C=N–C) groups is 1. The number of carbonyl (C=O) groups excluding carboxylic acids is 1. The number of ether oxygens (including phenoxy) is 1. The number of nitrogens with two attached hydrogens (primary N) is 3. The maximum absolute atomic E-state index is 12.3. The molecule has 2 amide bonds. The van der Waals surface area contributed by atoms with Crippen molar-refractivity contribution in [3.8, 4) is 5.75 Å². The van der Waals surface area contributed by atoms with Crippen molar-refractivity contribution in [3.63, 3.8) is 0 Å². The number of anilines is 1. The number of nitrogens with zero attached hydrogens (tertiary/aromatic N) is 3. The number of hydrogen-bond donors (Lipinski definition) is 3. The highest BCUT2D eigenvalue weighted by Crippen LogP contribution is 2.28. The van der Waals surface area contributed by atoms with E-state index in [1.165, 1.54) is 7.05 Å². The topological polar surface area (TPSA) is 123 Å². The number of urea groups is 1. The average Bonchev–Trinajstić information content (AvgIpc) is 2.82. The molecule has 2 aromatic rings. The number of aryl methyl sites for hydroxylation is 2. The van der Waals surface area contributed by atoms with Gasteiger partial charge >= 0.3 is 6.03 Å². The van der Waals surface area contributed by atoms with Gasteiger partial charge in [0.15, 0.2) is 0 Å². The van der Waals surface area contributed by atoms with Crippen LogP contribution in [0.15, 0.2) is 47.0 Å². The van der Waals surface area contributed by atoms with Crippen molar-refractivity contribution >= 4 is 34.2 Å². The summed E-state index contributed by atoms with van der Waals surface area (Å²) in [6, 6.07) is 10.9. The van der Waals surface area contributed by atoms with Gasteiger partial charge in [0.1, 0.15) is 12.4 Å². The molecule has 0 unspecified atom stereocenters. The number of amides is 2. The van der Waals surface area contributed by atoms with Crippen LogP contribution in [0, 0.1) is 6.92 Å². The van der Waals surface area contributed by atoms with Gasteiger partial charge in [0.2, 0.25) is 0 Å². The minimum Gasteiger partial charge on any atom is -0.489 e. The maximum atomic E-state index is 12.3. The van der Waals surface area contributed by atoms with Crippen LogP contribution in [0.5, 0.6) is 5.75 Å². The Bertz CT molecular complexity index is 1060. The third kappa shape index (κ3) is 6.07. The number of hydrogen-bond acceptors (Lipinski definition) is 7. The summed E-state index contributed by atoms with van der Waals surface area (Å²) in [6.45, 7) is 6.23. The lowest BCUT2D eigenvalue weighted by Crippen LogP contribution is -2.49. The third-order valence-corrected chi connectivity index (χ3v) is 6.25. The van der Waals surface area contributed by atoms with E-state index in [0.29, 0.717) is 11.4 Å². The second-order valence-corrected chi connectivity index (χ2v) is 8.37. The lowest BCUT2D eigenvalue weighted by molar-refractivity contribution is 0.216. The Morgan fingerprint density at radius 1 is 1.21 bits per heavy atom. The molecule has 33 heavy (non-hydrogen) atoms. The van der Waals surface area contributed by atoms with Gasteiger partial charge in [0.05, 0.1) is 10.7 Å². The molecule has 0 aliphatic rings. The second kappa shape index (κ2) is 11.7. The summed E-state index contributed by atoms with van der Waals surface area (Å²) in [5.41, 5.74) is 12.3. The first-order valence-electron chi connectivity index (χ1n) is 10.5. The fourth-order valence-corrected chi connectivity index (χ4v) is 4.09. The Hall–Kier alpha value is -3.01. The summed E-state index contributed by atoms with van der Waals surface area (Å²) in [7, 11) is 3.21. The van der Waals surface area contributed by atoms with E-state index in [0.717, 1.165) is 55.1 Å². The molecule has 2 rings (SSSR count). The van der Waals surface area contributed by atoms with Crippen LogP contribution in [0.1, 0.15) is 36.1 Å². The maximum Gasteiger partial charge on any atom is 0.352 e. The Morgan fingerprint density at radius 3 is 2.45 bits per heavy atom. The van der Waals surface area contributed by atoms with Crippen molar-refractivity contribution in [3.05, 3.63) is 64.2 Å². The van der Waals surface area contributed by atoms with Gasteiger partial charge in [-0.3, -0.25) is 10.0 Å². The molecule has 0 heterocycles. The van der Waals surface area contributed by atoms with Crippen LogP contribution in [0.2, 0.25) is 0 Å². The molecule has 0 bridgehead atoms. The first-order chi connectivity index (χ1) is 15.7. The van der Waals surface area contributed by atoms with Gasteiger partial charge in [-0.15, -0.1) is 11.8 Å². The Labute approximate surface area is 200 Å².